The van der Waals surface area contributed by atoms with E-state index in [2.05, 4.69) is 4.98 Å². The summed E-state index contributed by atoms with van der Waals surface area (Å²) in [6.07, 6.45) is 1.20. The van der Waals surface area contributed by atoms with Crippen LogP contribution in [0, 0.1) is 5.92 Å². The fourth-order valence-corrected chi connectivity index (χ4v) is 3.94. The number of benzene rings is 1. The van der Waals surface area contributed by atoms with Crippen LogP contribution in [0.15, 0.2) is 23.7 Å². The van der Waals surface area contributed by atoms with Crippen LogP contribution in [0.4, 0.5) is 0 Å². The Morgan fingerprint density at radius 2 is 2.14 bits per heavy atom. The van der Waals surface area contributed by atoms with Crippen molar-refractivity contribution in [3.63, 3.8) is 0 Å². The lowest BCUT2D eigenvalue weighted by Gasteiger charge is -2.34. The summed E-state index contributed by atoms with van der Waals surface area (Å²) >= 11 is 1.49. The lowest BCUT2D eigenvalue weighted by Crippen LogP contribution is -2.43. The zero-order chi connectivity index (χ0) is 15.2. The number of rotatable bonds is 2. The molecule has 22 heavy (non-hydrogen) atoms. The van der Waals surface area contributed by atoms with Gasteiger partial charge < -0.3 is 9.47 Å². The molecule has 1 saturated heterocycles. The molecule has 2 fully saturated rings. The van der Waals surface area contributed by atoms with Gasteiger partial charge in [-0.15, -0.1) is 11.3 Å². The van der Waals surface area contributed by atoms with Crippen LogP contribution < -0.4 is 0 Å². The van der Waals surface area contributed by atoms with Crippen molar-refractivity contribution in [2.45, 2.75) is 25.0 Å². The summed E-state index contributed by atoms with van der Waals surface area (Å²) in [5.41, 5.74) is 3.18. The highest BCUT2D eigenvalue weighted by atomic mass is 32.1. The highest BCUT2D eigenvalue weighted by Gasteiger charge is 2.47. The van der Waals surface area contributed by atoms with Gasteiger partial charge in [0.1, 0.15) is 5.78 Å². The van der Waals surface area contributed by atoms with E-state index in [1.54, 1.807) is 11.6 Å². The number of hydrogen-bond acceptors (Lipinski definition) is 6. The third-order valence-corrected chi connectivity index (χ3v) is 5.19. The summed E-state index contributed by atoms with van der Waals surface area (Å²) in [4.78, 5) is 29.2. The van der Waals surface area contributed by atoms with Crippen LogP contribution in [-0.4, -0.2) is 35.6 Å². The van der Waals surface area contributed by atoms with Crippen LogP contribution >= 0.6 is 11.3 Å². The molecule has 5 nitrogen and oxygen atoms in total. The van der Waals surface area contributed by atoms with Crippen LogP contribution in [0.25, 0.3) is 10.2 Å². The summed E-state index contributed by atoms with van der Waals surface area (Å²) in [7, 11) is 0. The number of ketones is 2. The van der Waals surface area contributed by atoms with Gasteiger partial charge in [0.25, 0.3) is 0 Å². The molecule has 1 unspecified atom stereocenters. The van der Waals surface area contributed by atoms with Gasteiger partial charge in [0.2, 0.25) is 0 Å². The molecule has 1 aromatic carbocycles. The van der Waals surface area contributed by atoms with E-state index in [0.717, 1.165) is 10.2 Å². The minimum Gasteiger partial charge on any atom is -0.347 e. The molecule has 0 N–H and O–H groups in total. The predicted octanol–water partition coefficient (Wildman–Crippen LogP) is 2.59. The topological polar surface area (TPSA) is 65.5 Å². The Morgan fingerprint density at radius 3 is 2.95 bits per heavy atom. The minimum atomic E-state index is -0.733. The molecule has 2 heterocycles. The standard InChI is InChI=1S/C16H15NO4S/c18-13-3-4-16(20-5-6-21-16)8-11(13)15(19)10-1-2-12-14(7-10)22-9-17-12/h1-2,7,9,11H,3-6,8H2. The van der Waals surface area contributed by atoms with Crippen LogP contribution in [-0.2, 0) is 14.3 Å². The summed E-state index contributed by atoms with van der Waals surface area (Å²) in [5, 5.41) is 0. The quantitative estimate of drug-likeness (QED) is 0.629. The van der Waals surface area contributed by atoms with Gasteiger partial charge in [-0.05, 0) is 18.2 Å². The molecule has 1 atom stereocenters. The van der Waals surface area contributed by atoms with Gasteiger partial charge in [0.15, 0.2) is 11.6 Å². The molecule has 1 spiro atoms. The number of thiazole rings is 1. The van der Waals surface area contributed by atoms with Crippen molar-refractivity contribution < 1.29 is 19.1 Å². The Kier molecular flexibility index (Phi) is 3.32. The highest BCUT2D eigenvalue weighted by molar-refractivity contribution is 7.16. The summed E-state index contributed by atoms with van der Waals surface area (Å²) < 4.78 is 12.3. The third-order valence-electron chi connectivity index (χ3n) is 4.40. The fourth-order valence-electron chi connectivity index (χ4n) is 3.22. The molecular formula is C16H15NO4S. The number of hydrogen-bond donors (Lipinski definition) is 0. The summed E-state index contributed by atoms with van der Waals surface area (Å²) in [5.74, 6) is -1.56. The number of carbonyl (C=O) groups excluding carboxylic acids is 2. The Hall–Kier alpha value is -1.63. The van der Waals surface area contributed by atoms with Gasteiger partial charge >= 0.3 is 0 Å². The van der Waals surface area contributed by atoms with Crippen molar-refractivity contribution in [2.75, 3.05) is 13.2 Å². The molecule has 6 heteroatoms. The maximum Gasteiger partial charge on any atom is 0.173 e. The third kappa shape index (κ3) is 2.27. The SMILES string of the molecule is O=C1CCC2(CC1C(=O)c1ccc3ncsc3c1)OCCO2. The number of carbonyl (C=O) groups is 2. The van der Waals surface area contributed by atoms with Crippen molar-refractivity contribution in [1.82, 2.24) is 4.98 Å². The first-order valence-corrected chi connectivity index (χ1v) is 8.23. The van der Waals surface area contributed by atoms with Gasteiger partial charge in [0.05, 0.1) is 34.9 Å². The number of ether oxygens (including phenoxy) is 2. The summed E-state index contributed by atoms with van der Waals surface area (Å²) in [6, 6.07) is 5.39. The van der Waals surface area contributed by atoms with Gasteiger partial charge in [-0.25, -0.2) is 4.98 Å². The van der Waals surface area contributed by atoms with E-state index in [0.29, 0.717) is 38.0 Å². The molecule has 1 aromatic heterocycles. The zero-order valence-corrected chi connectivity index (χ0v) is 12.7. The predicted molar refractivity (Wildman–Crippen MR) is 80.9 cm³/mol. The normalized spacial score (nSPS) is 24.2. The van der Waals surface area contributed by atoms with Crippen molar-refractivity contribution >= 4 is 33.1 Å². The zero-order valence-electron chi connectivity index (χ0n) is 11.9. The Bertz CT molecular complexity index is 747. The first-order chi connectivity index (χ1) is 10.7. The maximum absolute atomic E-state index is 12.8. The summed E-state index contributed by atoms with van der Waals surface area (Å²) in [6.45, 7) is 1.06. The monoisotopic (exact) mass is 317 g/mol. The molecule has 2 aromatic rings. The largest absolute Gasteiger partial charge is 0.347 e. The van der Waals surface area contributed by atoms with E-state index in [4.69, 9.17) is 9.47 Å². The Labute approximate surface area is 131 Å². The molecule has 1 saturated carbocycles. The van der Waals surface area contributed by atoms with E-state index in [-0.39, 0.29) is 11.6 Å². The fraction of sp³-hybridized carbons (Fsp3) is 0.438. The number of aromatic nitrogens is 1. The van der Waals surface area contributed by atoms with Crippen molar-refractivity contribution in [3.05, 3.63) is 29.3 Å². The van der Waals surface area contributed by atoms with E-state index in [1.807, 2.05) is 12.1 Å². The van der Waals surface area contributed by atoms with Gasteiger partial charge in [-0.3, -0.25) is 9.59 Å². The second kappa shape index (κ2) is 5.22. The second-order valence-electron chi connectivity index (χ2n) is 5.73. The Balaban J connectivity index is 1.63. The number of nitrogens with zero attached hydrogens (tertiary/aromatic N) is 1. The van der Waals surface area contributed by atoms with Crippen molar-refractivity contribution in [3.8, 4) is 0 Å². The molecule has 0 amide bonds. The molecule has 114 valence electrons. The number of Topliss-reactive ketones (excluding diaryl/α,β-unsaturated/α-hetero) is 2. The average Bonchev–Trinajstić information content (AvgIpc) is 3.18. The number of fused-ring (bicyclic) bond motifs is 1. The van der Waals surface area contributed by atoms with E-state index >= 15 is 0 Å². The molecule has 2 aliphatic rings. The molecule has 1 aliphatic carbocycles. The van der Waals surface area contributed by atoms with Crippen LogP contribution in [0.2, 0.25) is 0 Å². The first kappa shape index (κ1) is 14.0. The van der Waals surface area contributed by atoms with Crippen molar-refractivity contribution in [2.24, 2.45) is 5.92 Å². The van der Waals surface area contributed by atoms with Gasteiger partial charge in [0, 0.05) is 24.8 Å². The van der Waals surface area contributed by atoms with Crippen LogP contribution in [0.5, 0.6) is 0 Å². The van der Waals surface area contributed by atoms with Gasteiger partial charge in [-0.2, -0.15) is 0 Å². The molecule has 0 radical (unpaired) electrons. The average molecular weight is 317 g/mol. The van der Waals surface area contributed by atoms with E-state index in [9.17, 15) is 9.59 Å². The molecule has 0 bridgehead atoms. The van der Waals surface area contributed by atoms with Gasteiger partial charge in [-0.1, -0.05) is 0 Å². The van der Waals surface area contributed by atoms with Crippen molar-refractivity contribution in [1.29, 1.82) is 0 Å². The second-order valence-corrected chi connectivity index (χ2v) is 6.62. The molecular weight excluding hydrogens is 302 g/mol. The lowest BCUT2D eigenvalue weighted by molar-refractivity contribution is -0.185. The Morgan fingerprint density at radius 1 is 1.32 bits per heavy atom. The lowest BCUT2D eigenvalue weighted by atomic mass is 9.79. The first-order valence-electron chi connectivity index (χ1n) is 7.35. The van der Waals surface area contributed by atoms with E-state index < -0.39 is 11.7 Å². The van der Waals surface area contributed by atoms with Crippen LogP contribution in [0.1, 0.15) is 29.6 Å². The molecule has 4 rings (SSSR count). The van der Waals surface area contributed by atoms with E-state index in [1.165, 1.54) is 11.3 Å². The molecule has 1 aliphatic heterocycles. The maximum atomic E-state index is 12.8. The highest BCUT2D eigenvalue weighted by Crippen LogP contribution is 2.38. The van der Waals surface area contributed by atoms with Crippen LogP contribution in [0.3, 0.4) is 0 Å². The smallest absolute Gasteiger partial charge is 0.173 e. The minimum absolute atomic E-state index is 0.0147.